The SMILES string of the molecule is CC1(C)c2ccccc2-c2cc(-c3ccc4c(=O)c5ccc6oc7cc(-c8ccc9c(c8)-c8ccccc8C9(C)C)ccc7c(=O)c6c5oc4c3)ccc21. The molecule has 2 aromatic heterocycles. The summed E-state index contributed by atoms with van der Waals surface area (Å²) in [5.41, 5.74) is 15.1. The van der Waals surface area contributed by atoms with E-state index in [2.05, 4.69) is 113 Å². The van der Waals surface area contributed by atoms with Gasteiger partial charge in [0.1, 0.15) is 22.1 Å². The van der Waals surface area contributed by atoms with Gasteiger partial charge < -0.3 is 8.83 Å². The molecular formula is C50H34O4. The molecular weight excluding hydrogens is 665 g/mol. The fraction of sp³-hybridized carbons (Fsp3) is 0.120. The van der Waals surface area contributed by atoms with E-state index in [0.717, 1.165) is 22.3 Å². The Hall–Kier alpha value is -6.52. The highest BCUT2D eigenvalue weighted by Gasteiger charge is 2.36. The predicted molar refractivity (Wildman–Crippen MR) is 220 cm³/mol. The van der Waals surface area contributed by atoms with Crippen LogP contribution >= 0.6 is 0 Å². The van der Waals surface area contributed by atoms with Crippen molar-refractivity contribution in [2.24, 2.45) is 0 Å². The van der Waals surface area contributed by atoms with Crippen LogP contribution in [0.4, 0.5) is 0 Å². The van der Waals surface area contributed by atoms with Crippen LogP contribution in [0.1, 0.15) is 49.9 Å². The highest BCUT2D eigenvalue weighted by Crippen LogP contribution is 2.51. The maximum absolute atomic E-state index is 14.3. The quantitative estimate of drug-likeness (QED) is 0.133. The molecule has 0 fully saturated rings. The first-order valence-electron chi connectivity index (χ1n) is 18.5. The third-order valence-corrected chi connectivity index (χ3v) is 12.3. The van der Waals surface area contributed by atoms with Crippen LogP contribution in [0.3, 0.4) is 0 Å². The van der Waals surface area contributed by atoms with Gasteiger partial charge in [0.15, 0.2) is 5.58 Å². The topological polar surface area (TPSA) is 60.4 Å². The zero-order chi connectivity index (χ0) is 36.7. The molecule has 11 rings (SSSR count). The average Bonchev–Trinajstić information content (AvgIpc) is 3.56. The standard InChI is InChI=1S/C50H34O4/c1-49(2)38-11-7-5-9-31(38)36-23-27(15-20-40(36)49)29-14-18-34-43(25-29)53-42-22-19-35-46(51)33-17-13-30(26-44(33)54-48(35)45(42)47(34)52)28-16-21-41-37(24-28)32-10-6-8-12-39(32)50(41,3)4/h5-26H,1-4H3. The minimum Gasteiger partial charge on any atom is -0.456 e. The van der Waals surface area contributed by atoms with Crippen LogP contribution in [0, 0.1) is 0 Å². The summed E-state index contributed by atoms with van der Waals surface area (Å²) in [6.07, 6.45) is 0. The van der Waals surface area contributed by atoms with Crippen LogP contribution in [-0.4, -0.2) is 0 Å². The third-order valence-electron chi connectivity index (χ3n) is 12.3. The first-order chi connectivity index (χ1) is 26.1. The van der Waals surface area contributed by atoms with Gasteiger partial charge in [-0.1, -0.05) is 113 Å². The molecule has 0 saturated heterocycles. The number of rotatable bonds is 2. The smallest absolute Gasteiger partial charge is 0.204 e. The summed E-state index contributed by atoms with van der Waals surface area (Å²) >= 11 is 0. The molecule has 0 bridgehead atoms. The molecule has 2 aliphatic rings. The normalized spacial score (nSPS) is 14.7. The summed E-state index contributed by atoms with van der Waals surface area (Å²) in [5, 5.41) is 1.52. The molecule has 0 amide bonds. The Labute approximate surface area is 310 Å². The molecule has 0 saturated carbocycles. The van der Waals surface area contributed by atoms with Crippen molar-refractivity contribution in [3.63, 3.8) is 0 Å². The Balaban J connectivity index is 1.04. The molecule has 9 aromatic rings. The molecule has 2 aliphatic carbocycles. The van der Waals surface area contributed by atoms with Gasteiger partial charge in [0.2, 0.25) is 10.9 Å². The van der Waals surface area contributed by atoms with Gasteiger partial charge in [-0.25, -0.2) is 0 Å². The lowest BCUT2D eigenvalue weighted by Gasteiger charge is -2.21. The van der Waals surface area contributed by atoms with E-state index in [1.807, 2.05) is 36.4 Å². The molecule has 0 unspecified atom stereocenters. The van der Waals surface area contributed by atoms with E-state index in [4.69, 9.17) is 8.83 Å². The Bertz CT molecular complexity index is 3260. The van der Waals surface area contributed by atoms with Crippen molar-refractivity contribution in [2.75, 3.05) is 0 Å². The molecule has 0 N–H and O–H groups in total. The maximum Gasteiger partial charge on any atom is 0.204 e. The predicted octanol–water partition coefficient (Wildman–Crippen LogP) is 12.2. The Kier molecular flexibility index (Phi) is 6.06. The van der Waals surface area contributed by atoms with Crippen LogP contribution in [0.15, 0.2) is 152 Å². The zero-order valence-electron chi connectivity index (χ0n) is 30.3. The van der Waals surface area contributed by atoms with Gasteiger partial charge in [-0.15, -0.1) is 0 Å². The van der Waals surface area contributed by atoms with Gasteiger partial charge >= 0.3 is 0 Å². The highest BCUT2D eigenvalue weighted by molar-refractivity contribution is 6.08. The minimum absolute atomic E-state index is 0.0733. The number of benzene rings is 7. The fourth-order valence-corrected chi connectivity index (χ4v) is 9.40. The van der Waals surface area contributed by atoms with Gasteiger partial charge in [-0.2, -0.15) is 0 Å². The Morgan fingerprint density at radius 3 is 1.41 bits per heavy atom. The van der Waals surface area contributed by atoms with Crippen LogP contribution in [-0.2, 0) is 10.8 Å². The summed E-state index contributed by atoms with van der Waals surface area (Å²) in [6, 6.07) is 45.2. The van der Waals surface area contributed by atoms with Crippen LogP contribution in [0.5, 0.6) is 0 Å². The molecule has 54 heavy (non-hydrogen) atoms. The van der Waals surface area contributed by atoms with Gasteiger partial charge in [0, 0.05) is 10.8 Å². The van der Waals surface area contributed by atoms with E-state index in [1.54, 1.807) is 12.1 Å². The molecule has 0 spiro atoms. The fourth-order valence-electron chi connectivity index (χ4n) is 9.40. The van der Waals surface area contributed by atoms with E-state index in [1.165, 1.54) is 44.5 Å². The van der Waals surface area contributed by atoms with E-state index in [9.17, 15) is 9.59 Å². The molecule has 2 heterocycles. The first-order valence-corrected chi connectivity index (χ1v) is 18.5. The van der Waals surface area contributed by atoms with Gasteiger partial charge in [-0.05, 0) is 115 Å². The van der Waals surface area contributed by atoms with E-state index >= 15 is 0 Å². The molecule has 4 heteroatoms. The maximum atomic E-state index is 14.3. The van der Waals surface area contributed by atoms with Crippen molar-refractivity contribution >= 4 is 43.9 Å². The summed E-state index contributed by atoms with van der Waals surface area (Å²) < 4.78 is 13.0. The van der Waals surface area contributed by atoms with Crippen molar-refractivity contribution in [2.45, 2.75) is 38.5 Å². The van der Waals surface area contributed by atoms with E-state index < -0.39 is 0 Å². The number of hydrogen-bond acceptors (Lipinski definition) is 4. The Morgan fingerprint density at radius 1 is 0.389 bits per heavy atom. The minimum atomic E-state index is -0.230. The third kappa shape index (κ3) is 4.08. The molecule has 0 radical (unpaired) electrons. The number of fused-ring (bicyclic) bond motifs is 11. The number of hydrogen-bond donors (Lipinski definition) is 0. The van der Waals surface area contributed by atoms with Crippen molar-refractivity contribution in [1.82, 2.24) is 0 Å². The zero-order valence-corrected chi connectivity index (χ0v) is 30.3. The van der Waals surface area contributed by atoms with Gasteiger partial charge in [-0.3, -0.25) is 9.59 Å². The van der Waals surface area contributed by atoms with E-state index in [-0.39, 0.29) is 32.7 Å². The monoisotopic (exact) mass is 698 g/mol. The lowest BCUT2D eigenvalue weighted by atomic mass is 9.82. The summed E-state index contributed by atoms with van der Waals surface area (Å²) in [6.45, 7) is 9.08. The van der Waals surface area contributed by atoms with Crippen molar-refractivity contribution in [3.05, 3.63) is 176 Å². The molecule has 7 aromatic carbocycles. The first kappa shape index (κ1) is 31.0. The largest absolute Gasteiger partial charge is 0.456 e. The van der Waals surface area contributed by atoms with Crippen molar-refractivity contribution in [1.29, 1.82) is 0 Å². The summed E-state index contributed by atoms with van der Waals surface area (Å²) in [4.78, 5) is 28.2. The second-order valence-corrected chi connectivity index (χ2v) is 16.0. The van der Waals surface area contributed by atoms with Gasteiger partial charge in [0.25, 0.3) is 0 Å². The molecule has 258 valence electrons. The molecule has 0 aliphatic heterocycles. The summed E-state index contributed by atoms with van der Waals surface area (Å²) in [7, 11) is 0. The average molecular weight is 699 g/mol. The second kappa shape index (κ2) is 10.5. The van der Waals surface area contributed by atoms with Crippen LogP contribution < -0.4 is 10.9 Å². The lowest BCUT2D eigenvalue weighted by Crippen LogP contribution is -2.14. The second-order valence-electron chi connectivity index (χ2n) is 16.0. The molecule has 0 atom stereocenters. The Morgan fingerprint density at radius 2 is 0.833 bits per heavy atom. The highest BCUT2D eigenvalue weighted by atomic mass is 16.3. The van der Waals surface area contributed by atoms with Crippen LogP contribution in [0.25, 0.3) is 88.4 Å². The lowest BCUT2D eigenvalue weighted by molar-refractivity contribution is 0.649. The summed E-state index contributed by atoms with van der Waals surface area (Å²) in [5.74, 6) is 0. The van der Waals surface area contributed by atoms with Crippen molar-refractivity contribution in [3.8, 4) is 44.5 Å². The van der Waals surface area contributed by atoms with E-state index in [0.29, 0.717) is 32.9 Å². The van der Waals surface area contributed by atoms with Gasteiger partial charge in [0.05, 0.1) is 16.2 Å². The van der Waals surface area contributed by atoms with Crippen LogP contribution in [0.2, 0.25) is 0 Å². The molecule has 4 nitrogen and oxygen atoms in total. The van der Waals surface area contributed by atoms with Crippen molar-refractivity contribution < 1.29 is 8.83 Å².